The highest BCUT2D eigenvalue weighted by Crippen LogP contribution is 2.28. The quantitative estimate of drug-likeness (QED) is 0.367. The fourth-order valence-corrected chi connectivity index (χ4v) is 4.48. The van der Waals surface area contributed by atoms with E-state index in [2.05, 4.69) is 15.6 Å². The van der Waals surface area contributed by atoms with Gasteiger partial charge in [0.1, 0.15) is 5.76 Å². The molecule has 0 spiro atoms. The Balaban J connectivity index is 1.34. The predicted molar refractivity (Wildman–Crippen MR) is 123 cm³/mol. The van der Waals surface area contributed by atoms with Crippen molar-refractivity contribution in [3.05, 3.63) is 89.7 Å². The van der Waals surface area contributed by atoms with Crippen LogP contribution in [0.1, 0.15) is 16.1 Å². The summed E-state index contributed by atoms with van der Waals surface area (Å²) in [5.74, 6) is 0.370. The number of nitrogens with zero attached hydrogens (tertiary/aromatic N) is 1. The van der Waals surface area contributed by atoms with Gasteiger partial charge in [-0.25, -0.2) is 4.98 Å². The van der Waals surface area contributed by atoms with Gasteiger partial charge in [-0.3, -0.25) is 9.59 Å². The first-order chi connectivity index (χ1) is 15.2. The van der Waals surface area contributed by atoms with E-state index in [-0.39, 0.29) is 24.1 Å². The minimum absolute atomic E-state index is 0.199. The van der Waals surface area contributed by atoms with Gasteiger partial charge in [-0.2, -0.15) is 0 Å². The van der Waals surface area contributed by atoms with Crippen molar-refractivity contribution >= 4 is 40.6 Å². The molecule has 6 nitrogen and oxygen atoms in total. The lowest BCUT2D eigenvalue weighted by Gasteiger charge is -2.10. The van der Waals surface area contributed by atoms with Gasteiger partial charge in [0.05, 0.1) is 35.5 Å². The Morgan fingerprint density at radius 1 is 1.00 bits per heavy atom. The van der Waals surface area contributed by atoms with Crippen molar-refractivity contribution in [1.29, 1.82) is 0 Å². The van der Waals surface area contributed by atoms with Gasteiger partial charge < -0.3 is 15.1 Å². The molecule has 31 heavy (non-hydrogen) atoms. The Bertz CT molecular complexity index is 1160. The molecule has 156 valence electrons. The van der Waals surface area contributed by atoms with Gasteiger partial charge >= 0.3 is 0 Å². The van der Waals surface area contributed by atoms with Gasteiger partial charge in [-0.1, -0.05) is 54.2 Å². The smallest absolute Gasteiger partial charge is 0.253 e. The van der Waals surface area contributed by atoms with Crippen molar-refractivity contribution in [1.82, 2.24) is 10.3 Å². The van der Waals surface area contributed by atoms with Crippen molar-refractivity contribution in [3.63, 3.8) is 0 Å². The number of hydrogen-bond donors (Lipinski definition) is 2. The summed E-state index contributed by atoms with van der Waals surface area (Å²) in [5, 5.41) is 7.60. The Kier molecular flexibility index (Phi) is 6.81. The molecule has 0 saturated heterocycles. The van der Waals surface area contributed by atoms with Crippen LogP contribution >= 0.6 is 23.1 Å². The summed E-state index contributed by atoms with van der Waals surface area (Å²) in [6.45, 7) is 0.276. The van der Waals surface area contributed by atoms with Crippen LogP contribution in [0.25, 0.3) is 11.3 Å². The highest BCUT2D eigenvalue weighted by Gasteiger charge is 2.14. The Labute approximate surface area is 187 Å². The molecule has 2 N–H and O–H groups in total. The summed E-state index contributed by atoms with van der Waals surface area (Å²) in [6, 6.07) is 20.4. The number of carbonyl (C=O) groups is 2. The number of thiazole rings is 1. The maximum Gasteiger partial charge on any atom is 0.253 e. The lowest BCUT2D eigenvalue weighted by molar-refractivity contribution is -0.113. The third-order valence-electron chi connectivity index (χ3n) is 4.33. The van der Waals surface area contributed by atoms with Crippen LogP contribution in [0.15, 0.2) is 87.1 Å². The van der Waals surface area contributed by atoms with Crippen LogP contribution < -0.4 is 10.6 Å². The van der Waals surface area contributed by atoms with Crippen molar-refractivity contribution in [3.8, 4) is 11.3 Å². The Morgan fingerprint density at radius 2 is 1.81 bits per heavy atom. The number of hydrogen-bond acceptors (Lipinski definition) is 6. The lowest BCUT2D eigenvalue weighted by atomic mass is 10.1. The van der Waals surface area contributed by atoms with Crippen LogP contribution in [0.4, 0.5) is 5.69 Å². The Morgan fingerprint density at radius 3 is 2.61 bits per heavy atom. The Hall–Kier alpha value is -3.36. The van der Waals surface area contributed by atoms with E-state index in [4.69, 9.17) is 4.42 Å². The topological polar surface area (TPSA) is 84.2 Å². The monoisotopic (exact) mass is 449 g/mol. The second kappa shape index (κ2) is 10.1. The normalized spacial score (nSPS) is 10.6. The van der Waals surface area contributed by atoms with E-state index in [9.17, 15) is 9.59 Å². The molecule has 0 radical (unpaired) electrons. The zero-order valence-electron chi connectivity index (χ0n) is 16.4. The van der Waals surface area contributed by atoms with Crippen LogP contribution in [0.3, 0.4) is 0 Å². The zero-order valence-corrected chi connectivity index (χ0v) is 18.0. The molecule has 0 aliphatic carbocycles. The third-order valence-corrected chi connectivity index (χ3v) is 6.35. The SMILES string of the molecule is O=C(CSc1nc(-c2ccccc2)cs1)Nc1ccccc1C(=O)NCc1ccco1. The van der Waals surface area contributed by atoms with Gasteiger partial charge in [0.2, 0.25) is 5.91 Å². The second-order valence-corrected chi connectivity index (χ2v) is 8.59. The maximum absolute atomic E-state index is 12.5. The molecule has 0 saturated carbocycles. The van der Waals surface area contributed by atoms with E-state index >= 15 is 0 Å². The number of nitrogens with one attached hydrogen (secondary N) is 2. The summed E-state index contributed by atoms with van der Waals surface area (Å²) < 4.78 is 6.04. The molecule has 2 aromatic heterocycles. The minimum Gasteiger partial charge on any atom is -0.467 e. The molecule has 2 amide bonds. The van der Waals surface area contributed by atoms with Crippen LogP contribution in [-0.4, -0.2) is 22.6 Å². The number of furan rings is 1. The van der Waals surface area contributed by atoms with Gasteiger partial charge in [0, 0.05) is 10.9 Å². The van der Waals surface area contributed by atoms with E-state index in [0.717, 1.165) is 15.6 Å². The first-order valence-corrected chi connectivity index (χ1v) is 11.4. The molecule has 0 unspecified atom stereocenters. The largest absolute Gasteiger partial charge is 0.467 e. The molecule has 0 aliphatic heterocycles. The lowest BCUT2D eigenvalue weighted by Crippen LogP contribution is -2.25. The summed E-state index contributed by atoms with van der Waals surface area (Å²) in [7, 11) is 0. The van der Waals surface area contributed by atoms with Gasteiger partial charge in [0.25, 0.3) is 5.91 Å². The van der Waals surface area contributed by atoms with Crippen LogP contribution in [-0.2, 0) is 11.3 Å². The molecule has 2 heterocycles. The van der Waals surface area contributed by atoms with E-state index < -0.39 is 0 Å². The molecule has 2 aromatic carbocycles. The van der Waals surface area contributed by atoms with Crippen molar-refractivity contribution in [2.24, 2.45) is 0 Å². The molecule has 0 atom stereocenters. The first kappa shape index (κ1) is 20.9. The molecule has 8 heteroatoms. The molecule has 4 aromatic rings. The molecule has 0 bridgehead atoms. The highest BCUT2D eigenvalue weighted by atomic mass is 32.2. The van der Waals surface area contributed by atoms with Crippen LogP contribution in [0, 0.1) is 0 Å². The number of aromatic nitrogens is 1. The summed E-state index contributed by atoms with van der Waals surface area (Å²) >= 11 is 2.87. The second-order valence-electron chi connectivity index (χ2n) is 6.51. The number of anilines is 1. The first-order valence-electron chi connectivity index (χ1n) is 9.52. The zero-order chi connectivity index (χ0) is 21.5. The van der Waals surface area contributed by atoms with E-state index in [0.29, 0.717) is 17.0 Å². The van der Waals surface area contributed by atoms with Gasteiger partial charge in [0.15, 0.2) is 4.34 Å². The van der Waals surface area contributed by atoms with E-state index in [1.54, 1.807) is 42.7 Å². The summed E-state index contributed by atoms with van der Waals surface area (Å²) in [4.78, 5) is 29.6. The number of benzene rings is 2. The predicted octanol–water partition coefficient (Wildman–Crippen LogP) is 5.06. The molecular formula is C23H19N3O3S2. The highest BCUT2D eigenvalue weighted by molar-refractivity contribution is 8.01. The van der Waals surface area contributed by atoms with Crippen molar-refractivity contribution in [2.45, 2.75) is 10.9 Å². The number of para-hydroxylation sites is 1. The maximum atomic E-state index is 12.5. The molecule has 0 fully saturated rings. The van der Waals surface area contributed by atoms with E-state index in [1.807, 2.05) is 35.7 Å². The molecule has 4 rings (SSSR count). The molecular weight excluding hydrogens is 430 g/mol. The molecule has 0 aliphatic rings. The fraction of sp³-hybridized carbons (Fsp3) is 0.0870. The fourth-order valence-electron chi connectivity index (χ4n) is 2.84. The average molecular weight is 450 g/mol. The number of carbonyl (C=O) groups excluding carboxylic acids is 2. The summed E-state index contributed by atoms with van der Waals surface area (Å²) in [5.41, 5.74) is 2.80. The number of thioether (sulfide) groups is 1. The van der Waals surface area contributed by atoms with Crippen molar-refractivity contribution < 1.29 is 14.0 Å². The standard InChI is InChI=1S/C23H19N3O3S2/c27-21(15-31-23-26-20(14-30-23)16-7-2-1-3-8-16)25-19-11-5-4-10-18(19)22(28)24-13-17-9-6-12-29-17/h1-12,14H,13,15H2,(H,24,28)(H,25,27). The van der Waals surface area contributed by atoms with Crippen LogP contribution in [0.2, 0.25) is 0 Å². The minimum atomic E-state index is -0.285. The van der Waals surface area contributed by atoms with Crippen LogP contribution in [0.5, 0.6) is 0 Å². The number of amides is 2. The number of rotatable bonds is 8. The van der Waals surface area contributed by atoms with Crippen molar-refractivity contribution in [2.75, 3.05) is 11.1 Å². The van der Waals surface area contributed by atoms with Gasteiger partial charge in [-0.05, 0) is 24.3 Å². The summed E-state index contributed by atoms with van der Waals surface area (Å²) in [6.07, 6.45) is 1.55. The van der Waals surface area contributed by atoms with E-state index in [1.165, 1.54) is 23.1 Å². The average Bonchev–Trinajstić information content (AvgIpc) is 3.49. The van der Waals surface area contributed by atoms with Gasteiger partial charge in [-0.15, -0.1) is 11.3 Å². The third kappa shape index (κ3) is 5.62.